The Morgan fingerprint density at radius 3 is 2.60 bits per heavy atom. The normalized spacial score (nSPS) is 11.5. The van der Waals surface area contributed by atoms with Crippen molar-refractivity contribution in [3.63, 3.8) is 0 Å². The zero-order valence-electron chi connectivity index (χ0n) is 13.5. The van der Waals surface area contributed by atoms with E-state index in [1.165, 1.54) is 19.9 Å². The summed E-state index contributed by atoms with van der Waals surface area (Å²) in [5, 5.41) is 13.0. The van der Waals surface area contributed by atoms with Gasteiger partial charge in [-0.25, -0.2) is 4.39 Å². The van der Waals surface area contributed by atoms with Crippen molar-refractivity contribution in [1.29, 1.82) is 0 Å². The largest absolute Gasteiger partial charge is 0.481 e. The van der Waals surface area contributed by atoms with Crippen molar-refractivity contribution >= 4 is 23.1 Å². The fourth-order valence-corrected chi connectivity index (χ4v) is 2.00. The molecule has 0 saturated carbocycles. The van der Waals surface area contributed by atoms with Crippen LogP contribution in [0.1, 0.15) is 24.2 Å². The van der Waals surface area contributed by atoms with Gasteiger partial charge in [-0.15, -0.1) is 0 Å². The highest BCUT2D eigenvalue weighted by atomic mass is 19.1. The molecule has 2 aromatic rings. The second-order valence-corrected chi connectivity index (χ2v) is 5.25. The standard InChI is InChI=1S/C17H15FN2O5/c1-10(21)12-4-3-5-14(8-12)25-11(2)17(22)19-16-9-13(20(23)24)6-7-15(16)18/h3-9,11H,1-2H3,(H,19,22)/t11-/m1/s1. The number of nitro groups is 1. The second kappa shape index (κ2) is 7.52. The lowest BCUT2D eigenvalue weighted by atomic mass is 10.1. The van der Waals surface area contributed by atoms with Gasteiger partial charge in [-0.3, -0.25) is 19.7 Å². The first-order valence-corrected chi connectivity index (χ1v) is 7.30. The van der Waals surface area contributed by atoms with Crippen LogP contribution >= 0.6 is 0 Å². The average Bonchev–Trinajstić information content (AvgIpc) is 2.56. The lowest BCUT2D eigenvalue weighted by Gasteiger charge is -2.15. The number of amides is 1. The van der Waals surface area contributed by atoms with Crippen LogP contribution in [0.5, 0.6) is 5.75 Å². The van der Waals surface area contributed by atoms with Crippen molar-refractivity contribution in [2.45, 2.75) is 20.0 Å². The van der Waals surface area contributed by atoms with Crippen molar-refractivity contribution in [3.05, 3.63) is 64.0 Å². The summed E-state index contributed by atoms with van der Waals surface area (Å²) in [6.07, 6.45) is -1.01. The fraction of sp³-hybridized carbons (Fsp3) is 0.176. The molecule has 0 aliphatic rings. The molecule has 0 aromatic heterocycles. The molecule has 0 spiro atoms. The van der Waals surface area contributed by atoms with E-state index in [9.17, 15) is 24.1 Å². The third kappa shape index (κ3) is 4.60. The highest BCUT2D eigenvalue weighted by molar-refractivity contribution is 5.95. The minimum atomic E-state index is -1.01. The monoisotopic (exact) mass is 346 g/mol. The van der Waals surface area contributed by atoms with Crippen molar-refractivity contribution in [2.75, 3.05) is 5.32 Å². The molecule has 1 atom stereocenters. The second-order valence-electron chi connectivity index (χ2n) is 5.25. The Morgan fingerprint density at radius 2 is 1.96 bits per heavy atom. The number of anilines is 1. The Morgan fingerprint density at radius 1 is 1.24 bits per heavy atom. The fourth-order valence-electron chi connectivity index (χ4n) is 2.00. The van der Waals surface area contributed by atoms with Gasteiger partial charge in [-0.1, -0.05) is 12.1 Å². The van der Waals surface area contributed by atoms with E-state index in [0.717, 1.165) is 18.2 Å². The molecule has 0 aliphatic heterocycles. The third-order valence-corrected chi connectivity index (χ3v) is 3.34. The van der Waals surface area contributed by atoms with Crippen molar-refractivity contribution in [1.82, 2.24) is 0 Å². The molecular weight excluding hydrogens is 331 g/mol. The van der Waals surface area contributed by atoms with E-state index >= 15 is 0 Å². The molecule has 1 amide bonds. The van der Waals surface area contributed by atoms with Crippen LogP contribution in [0, 0.1) is 15.9 Å². The van der Waals surface area contributed by atoms with E-state index in [1.54, 1.807) is 18.2 Å². The number of nitrogens with zero attached hydrogens (tertiary/aromatic N) is 1. The summed E-state index contributed by atoms with van der Waals surface area (Å²) in [4.78, 5) is 33.5. The van der Waals surface area contributed by atoms with Crippen LogP contribution in [0.25, 0.3) is 0 Å². The predicted octanol–water partition coefficient (Wildman–Crippen LogP) is 3.34. The summed E-state index contributed by atoms with van der Waals surface area (Å²) in [5.41, 5.74) is -0.235. The Hall–Kier alpha value is -3.29. The Kier molecular flexibility index (Phi) is 5.43. The number of carbonyl (C=O) groups is 2. The Balaban J connectivity index is 2.10. The molecule has 25 heavy (non-hydrogen) atoms. The van der Waals surface area contributed by atoms with Crippen molar-refractivity contribution in [2.24, 2.45) is 0 Å². The van der Waals surface area contributed by atoms with Gasteiger partial charge in [0.05, 0.1) is 10.6 Å². The maximum atomic E-state index is 13.7. The first-order valence-electron chi connectivity index (χ1n) is 7.30. The third-order valence-electron chi connectivity index (χ3n) is 3.34. The van der Waals surface area contributed by atoms with Gasteiger partial charge in [0.25, 0.3) is 11.6 Å². The number of benzene rings is 2. The highest BCUT2D eigenvalue weighted by Crippen LogP contribution is 2.22. The molecule has 0 saturated heterocycles. The molecule has 0 fully saturated rings. The number of nitro benzene ring substituents is 1. The van der Waals surface area contributed by atoms with Gasteiger partial charge in [0.1, 0.15) is 11.6 Å². The summed E-state index contributed by atoms with van der Waals surface area (Å²) in [7, 11) is 0. The smallest absolute Gasteiger partial charge is 0.271 e. The van der Waals surface area contributed by atoms with E-state index < -0.39 is 22.8 Å². The van der Waals surface area contributed by atoms with Gasteiger partial charge in [0, 0.05) is 17.7 Å². The molecule has 8 heteroatoms. The van der Waals surface area contributed by atoms with Gasteiger partial charge in [-0.05, 0) is 32.0 Å². The zero-order chi connectivity index (χ0) is 18.6. The molecule has 0 radical (unpaired) electrons. The van der Waals surface area contributed by atoms with Crippen molar-refractivity contribution < 1.29 is 23.6 Å². The van der Waals surface area contributed by atoms with E-state index in [1.807, 2.05) is 0 Å². The van der Waals surface area contributed by atoms with E-state index in [-0.39, 0.29) is 17.2 Å². The van der Waals surface area contributed by atoms with E-state index in [0.29, 0.717) is 11.3 Å². The number of nitrogens with one attached hydrogen (secondary N) is 1. The number of non-ortho nitro benzene ring substituents is 1. The van der Waals surface area contributed by atoms with Crippen molar-refractivity contribution in [3.8, 4) is 5.75 Å². The van der Waals surface area contributed by atoms with Gasteiger partial charge in [0.2, 0.25) is 0 Å². The molecule has 2 aromatic carbocycles. The first kappa shape index (κ1) is 18.1. The van der Waals surface area contributed by atoms with Crippen LogP contribution < -0.4 is 10.1 Å². The number of ether oxygens (including phenoxy) is 1. The molecule has 1 N–H and O–H groups in total. The van der Waals surface area contributed by atoms with E-state index in [4.69, 9.17) is 4.74 Å². The average molecular weight is 346 g/mol. The molecule has 130 valence electrons. The summed E-state index contributed by atoms with van der Waals surface area (Å²) in [6.45, 7) is 2.84. The summed E-state index contributed by atoms with van der Waals surface area (Å²) >= 11 is 0. The zero-order valence-corrected chi connectivity index (χ0v) is 13.5. The lowest BCUT2D eigenvalue weighted by molar-refractivity contribution is -0.384. The summed E-state index contributed by atoms with van der Waals surface area (Å²) in [6, 6.07) is 9.10. The summed E-state index contributed by atoms with van der Waals surface area (Å²) < 4.78 is 19.1. The van der Waals surface area contributed by atoms with Crippen LogP contribution in [0.3, 0.4) is 0 Å². The van der Waals surface area contributed by atoms with E-state index in [2.05, 4.69) is 5.32 Å². The van der Waals surface area contributed by atoms with Gasteiger partial charge >= 0.3 is 0 Å². The molecule has 0 heterocycles. The van der Waals surface area contributed by atoms with Crippen LogP contribution in [0.4, 0.5) is 15.8 Å². The molecule has 0 aliphatic carbocycles. The molecular formula is C17H15FN2O5. The van der Waals surface area contributed by atoms with Gasteiger partial charge in [-0.2, -0.15) is 0 Å². The maximum Gasteiger partial charge on any atom is 0.271 e. The Labute approximate surface area is 142 Å². The van der Waals surface area contributed by atoms with Gasteiger partial charge < -0.3 is 10.1 Å². The molecule has 0 bridgehead atoms. The van der Waals surface area contributed by atoms with Crippen LogP contribution in [0.15, 0.2) is 42.5 Å². The van der Waals surface area contributed by atoms with Crippen LogP contribution in [-0.4, -0.2) is 22.7 Å². The number of ketones is 1. The molecule has 0 unspecified atom stereocenters. The minimum absolute atomic E-state index is 0.152. The van der Waals surface area contributed by atoms with Crippen LogP contribution in [-0.2, 0) is 4.79 Å². The number of Topliss-reactive ketones (excluding diaryl/α,β-unsaturated/α-hetero) is 1. The topological polar surface area (TPSA) is 98.5 Å². The van der Waals surface area contributed by atoms with Crippen LogP contribution in [0.2, 0.25) is 0 Å². The number of carbonyl (C=O) groups excluding carboxylic acids is 2. The first-order chi connectivity index (χ1) is 11.8. The molecule has 2 rings (SSSR count). The number of hydrogen-bond donors (Lipinski definition) is 1. The number of rotatable bonds is 6. The number of hydrogen-bond acceptors (Lipinski definition) is 5. The minimum Gasteiger partial charge on any atom is -0.481 e. The predicted molar refractivity (Wildman–Crippen MR) is 88.2 cm³/mol. The maximum absolute atomic E-state index is 13.7. The SMILES string of the molecule is CC(=O)c1cccc(O[C@H](C)C(=O)Nc2cc([N+](=O)[O-])ccc2F)c1. The Bertz CT molecular complexity index is 838. The molecule has 7 nitrogen and oxygen atoms in total. The highest BCUT2D eigenvalue weighted by Gasteiger charge is 2.19. The summed E-state index contributed by atoms with van der Waals surface area (Å²) in [5.74, 6) is -1.34. The van der Waals surface area contributed by atoms with Gasteiger partial charge in [0.15, 0.2) is 11.9 Å². The quantitative estimate of drug-likeness (QED) is 0.491. The lowest BCUT2D eigenvalue weighted by Crippen LogP contribution is -2.30. The number of halogens is 1.